The molecule has 0 atom stereocenters. The van der Waals surface area contributed by atoms with Gasteiger partial charge in [0.05, 0.1) is 0 Å². The van der Waals surface area contributed by atoms with E-state index in [2.05, 4.69) is 11.4 Å². The van der Waals surface area contributed by atoms with Crippen LogP contribution < -0.4 is 5.32 Å². The third-order valence-corrected chi connectivity index (χ3v) is 4.72. The van der Waals surface area contributed by atoms with E-state index in [1.165, 1.54) is 6.42 Å². The van der Waals surface area contributed by atoms with E-state index in [0.29, 0.717) is 12.8 Å². The molecule has 2 fully saturated rings. The number of piperidine rings is 1. The fraction of sp³-hybridized carbons (Fsp3) is 0.556. The zero-order valence-corrected chi connectivity index (χ0v) is 13.4. The fourth-order valence-corrected chi connectivity index (χ4v) is 3.36. The highest BCUT2D eigenvalue weighted by Crippen LogP contribution is 2.48. The average molecular weight is 300 g/mol. The van der Waals surface area contributed by atoms with E-state index in [1.54, 1.807) is 0 Å². The molecule has 2 amide bonds. The van der Waals surface area contributed by atoms with Crippen molar-refractivity contribution in [3.8, 4) is 0 Å². The van der Waals surface area contributed by atoms with Gasteiger partial charge in [-0.1, -0.05) is 6.07 Å². The molecular formula is C18H24N2O2. The number of nitrogens with one attached hydrogen (secondary N) is 1. The summed E-state index contributed by atoms with van der Waals surface area (Å²) in [5.74, 6) is -0.0952. The maximum Gasteiger partial charge on any atom is 0.240 e. The summed E-state index contributed by atoms with van der Waals surface area (Å²) in [5.41, 5.74) is 2.22. The van der Waals surface area contributed by atoms with E-state index >= 15 is 0 Å². The standard InChI is InChI=1S/C18H24N2O2/c1-13-10-14(2)12-15(11-13)19-16(21)18(6-7-18)17(22)20-8-4-3-5-9-20/h10-12H,3-9H2,1-2H3,(H,19,21). The number of hydrogen-bond acceptors (Lipinski definition) is 2. The Bertz CT molecular complexity index is 579. The normalized spacial score (nSPS) is 19.6. The molecule has 4 nitrogen and oxygen atoms in total. The van der Waals surface area contributed by atoms with Crippen molar-refractivity contribution in [3.63, 3.8) is 0 Å². The predicted octanol–water partition coefficient (Wildman–Crippen LogP) is 3.03. The van der Waals surface area contributed by atoms with Crippen molar-refractivity contribution in [1.82, 2.24) is 4.90 Å². The van der Waals surface area contributed by atoms with Gasteiger partial charge in [0.1, 0.15) is 5.41 Å². The second-order valence-electron chi connectivity index (χ2n) is 6.77. The Labute approximate surface area is 131 Å². The van der Waals surface area contributed by atoms with Gasteiger partial charge in [-0.2, -0.15) is 0 Å². The van der Waals surface area contributed by atoms with Crippen LogP contribution in [0, 0.1) is 19.3 Å². The first-order valence-corrected chi connectivity index (χ1v) is 8.20. The van der Waals surface area contributed by atoms with E-state index in [1.807, 2.05) is 30.9 Å². The first kappa shape index (κ1) is 15.1. The summed E-state index contributed by atoms with van der Waals surface area (Å²) in [6.07, 6.45) is 4.66. The summed E-state index contributed by atoms with van der Waals surface area (Å²) in [4.78, 5) is 27.2. The van der Waals surface area contributed by atoms with E-state index in [9.17, 15) is 9.59 Å². The van der Waals surface area contributed by atoms with E-state index in [4.69, 9.17) is 0 Å². The van der Waals surface area contributed by atoms with E-state index in [-0.39, 0.29) is 11.8 Å². The molecular weight excluding hydrogens is 276 g/mol. The minimum atomic E-state index is -0.797. The van der Waals surface area contributed by atoms with Crippen LogP contribution in [-0.2, 0) is 9.59 Å². The van der Waals surface area contributed by atoms with Gasteiger partial charge in [0.25, 0.3) is 0 Å². The van der Waals surface area contributed by atoms with E-state index < -0.39 is 5.41 Å². The van der Waals surface area contributed by atoms with Crippen LogP contribution in [0.2, 0.25) is 0 Å². The van der Waals surface area contributed by atoms with Crippen molar-refractivity contribution in [2.24, 2.45) is 5.41 Å². The summed E-state index contributed by atoms with van der Waals surface area (Å²) >= 11 is 0. The first-order chi connectivity index (χ1) is 10.5. The molecule has 0 aromatic heterocycles. The predicted molar refractivity (Wildman–Crippen MR) is 86.6 cm³/mol. The highest BCUT2D eigenvalue weighted by molar-refractivity contribution is 6.13. The number of amides is 2. The number of hydrogen-bond donors (Lipinski definition) is 1. The SMILES string of the molecule is Cc1cc(C)cc(NC(=O)C2(C(=O)N3CCCCC3)CC2)c1. The Kier molecular flexibility index (Phi) is 3.94. The molecule has 0 radical (unpaired) electrons. The second-order valence-corrected chi connectivity index (χ2v) is 6.77. The molecule has 1 saturated carbocycles. The van der Waals surface area contributed by atoms with Gasteiger partial charge in [0.15, 0.2) is 0 Å². The zero-order chi connectivity index (χ0) is 15.7. The topological polar surface area (TPSA) is 49.4 Å². The minimum absolute atomic E-state index is 0.0362. The molecule has 3 rings (SSSR count). The molecule has 0 unspecified atom stereocenters. The molecule has 1 aromatic carbocycles. The summed E-state index contributed by atoms with van der Waals surface area (Å²) in [7, 11) is 0. The maximum absolute atomic E-state index is 12.7. The molecule has 1 aromatic rings. The Morgan fingerprint density at radius 1 is 1.00 bits per heavy atom. The molecule has 118 valence electrons. The summed E-state index contributed by atoms with van der Waals surface area (Å²) in [6.45, 7) is 5.62. The van der Waals surface area contributed by atoms with Crippen molar-refractivity contribution >= 4 is 17.5 Å². The number of anilines is 1. The molecule has 0 bridgehead atoms. The third kappa shape index (κ3) is 2.87. The summed E-state index contributed by atoms with van der Waals surface area (Å²) < 4.78 is 0. The highest BCUT2D eigenvalue weighted by Gasteiger charge is 2.58. The smallest absolute Gasteiger partial charge is 0.240 e. The molecule has 0 spiro atoms. The van der Waals surface area contributed by atoms with Crippen molar-refractivity contribution in [1.29, 1.82) is 0 Å². The number of rotatable bonds is 3. The lowest BCUT2D eigenvalue weighted by Gasteiger charge is -2.30. The number of carbonyl (C=O) groups excluding carboxylic acids is 2. The van der Waals surface area contributed by atoms with Gasteiger partial charge in [-0.3, -0.25) is 9.59 Å². The Morgan fingerprint density at radius 2 is 1.59 bits per heavy atom. The van der Waals surface area contributed by atoms with Crippen molar-refractivity contribution in [2.75, 3.05) is 18.4 Å². The lowest BCUT2D eigenvalue weighted by Crippen LogP contribution is -2.45. The Hall–Kier alpha value is -1.84. The van der Waals surface area contributed by atoms with Crippen molar-refractivity contribution in [3.05, 3.63) is 29.3 Å². The van der Waals surface area contributed by atoms with Gasteiger partial charge in [0, 0.05) is 18.8 Å². The number of nitrogens with zero attached hydrogens (tertiary/aromatic N) is 1. The lowest BCUT2D eigenvalue weighted by molar-refractivity contribution is -0.143. The molecule has 4 heteroatoms. The molecule has 1 heterocycles. The first-order valence-electron chi connectivity index (χ1n) is 8.20. The van der Waals surface area contributed by atoms with Crippen LogP contribution in [0.25, 0.3) is 0 Å². The quantitative estimate of drug-likeness (QED) is 0.872. The number of benzene rings is 1. The van der Waals surface area contributed by atoms with Crippen molar-refractivity contribution < 1.29 is 9.59 Å². The van der Waals surface area contributed by atoms with E-state index in [0.717, 1.165) is 42.7 Å². The largest absolute Gasteiger partial charge is 0.342 e. The zero-order valence-electron chi connectivity index (χ0n) is 13.4. The Balaban J connectivity index is 1.72. The number of carbonyl (C=O) groups is 2. The van der Waals surface area contributed by atoms with Crippen LogP contribution >= 0.6 is 0 Å². The van der Waals surface area contributed by atoms with Crippen LogP contribution in [0.4, 0.5) is 5.69 Å². The van der Waals surface area contributed by atoms with Crippen LogP contribution in [0.3, 0.4) is 0 Å². The monoisotopic (exact) mass is 300 g/mol. The molecule has 2 aliphatic rings. The van der Waals surface area contributed by atoms with Gasteiger partial charge in [-0.25, -0.2) is 0 Å². The molecule has 1 aliphatic carbocycles. The Morgan fingerprint density at radius 3 is 2.14 bits per heavy atom. The highest BCUT2D eigenvalue weighted by atomic mass is 16.2. The van der Waals surface area contributed by atoms with Gasteiger partial charge in [-0.15, -0.1) is 0 Å². The average Bonchev–Trinajstić information content (AvgIpc) is 3.28. The fourth-order valence-electron chi connectivity index (χ4n) is 3.36. The van der Waals surface area contributed by atoms with Crippen LogP contribution in [-0.4, -0.2) is 29.8 Å². The second kappa shape index (κ2) is 5.75. The third-order valence-electron chi connectivity index (χ3n) is 4.72. The van der Waals surface area contributed by atoms with Crippen LogP contribution in [0.5, 0.6) is 0 Å². The summed E-state index contributed by atoms with van der Waals surface area (Å²) in [5, 5.41) is 2.96. The number of aryl methyl sites for hydroxylation is 2. The van der Waals surface area contributed by atoms with Gasteiger partial charge < -0.3 is 10.2 Å². The molecule has 22 heavy (non-hydrogen) atoms. The van der Waals surface area contributed by atoms with Crippen molar-refractivity contribution in [2.45, 2.75) is 46.0 Å². The van der Waals surface area contributed by atoms with Gasteiger partial charge in [0.2, 0.25) is 11.8 Å². The lowest BCUT2D eigenvalue weighted by atomic mass is 10.0. The van der Waals surface area contributed by atoms with Gasteiger partial charge in [-0.05, 0) is 69.2 Å². The maximum atomic E-state index is 12.7. The minimum Gasteiger partial charge on any atom is -0.342 e. The van der Waals surface area contributed by atoms with Crippen LogP contribution in [0.15, 0.2) is 18.2 Å². The summed E-state index contributed by atoms with van der Waals surface area (Å²) in [6, 6.07) is 5.97. The molecule has 1 aliphatic heterocycles. The number of likely N-dealkylation sites (tertiary alicyclic amines) is 1. The van der Waals surface area contributed by atoms with Crippen LogP contribution in [0.1, 0.15) is 43.2 Å². The van der Waals surface area contributed by atoms with Gasteiger partial charge >= 0.3 is 0 Å². The molecule has 1 saturated heterocycles. The molecule has 1 N–H and O–H groups in total.